The van der Waals surface area contributed by atoms with Crippen LogP contribution in [0.1, 0.15) is 28.9 Å². The Kier molecular flexibility index (Phi) is 5.43. The molecule has 3 N–H and O–H groups in total. The standard InChI is InChI=1S/C23H20ClFN2O2/c1-29-15-11-9-14(10-12-15)19-13-20(16-5-2-3-8-21(16)28)27-23(26-19)22-17(24)6-4-7-18(22)25/h2-13,20,23,26-28H,1H3. The fourth-order valence-electron chi connectivity index (χ4n) is 3.46. The predicted octanol–water partition coefficient (Wildman–Crippen LogP) is 5.17. The highest BCUT2D eigenvalue weighted by Gasteiger charge is 2.28. The van der Waals surface area contributed by atoms with Crippen LogP contribution in [-0.4, -0.2) is 12.2 Å². The van der Waals surface area contributed by atoms with Gasteiger partial charge in [-0.3, -0.25) is 5.32 Å². The molecule has 0 aromatic heterocycles. The normalized spacial score (nSPS) is 18.7. The van der Waals surface area contributed by atoms with E-state index in [1.54, 1.807) is 31.4 Å². The molecule has 0 bridgehead atoms. The summed E-state index contributed by atoms with van der Waals surface area (Å²) in [7, 11) is 1.61. The van der Waals surface area contributed by atoms with Crippen molar-refractivity contribution in [2.45, 2.75) is 12.2 Å². The zero-order valence-electron chi connectivity index (χ0n) is 15.7. The van der Waals surface area contributed by atoms with E-state index in [4.69, 9.17) is 16.3 Å². The van der Waals surface area contributed by atoms with E-state index in [0.29, 0.717) is 16.1 Å². The number of phenolic OH excluding ortho intramolecular Hbond substituents is 1. The maximum absolute atomic E-state index is 14.6. The summed E-state index contributed by atoms with van der Waals surface area (Å²) in [6.07, 6.45) is 1.37. The number of rotatable bonds is 4. The molecule has 1 aliphatic rings. The summed E-state index contributed by atoms with van der Waals surface area (Å²) in [6, 6.07) is 18.9. The van der Waals surface area contributed by atoms with E-state index < -0.39 is 12.0 Å². The molecule has 2 unspecified atom stereocenters. The number of halogens is 2. The molecule has 3 aromatic carbocycles. The molecular formula is C23H20ClFN2O2. The molecule has 0 radical (unpaired) electrons. The Bertz CT molecular complexity index is 1030. The molecule has 29 heavy (non-hydrogen) atoms. The third-order valence-electron chi connectivity index (χ3n) is 4.94. The van der Waals surface area contributed by atoms with Crippen molar-refractivity contribution in [3.63, 3.8) is 0 Å². The molecule has 0 saturated carbocycles. The van der Waals surface area contributed by atoms with Gasteiger partial charge in [-0.05, 0) is 54.1 Å². The number of aromatic hydroxyl groups is 1. The van der Waals surface area contributed by atoms with E-state index in [1.807, 2.05) is 42.5 Å². The van der Waals surface area contributed by atoms with Crippen LogP contribution in [0.5, 0.6) is 11.5 Å². The van der Waals surface area contributed by atoms with Crippen molar-refractivity contribution in [1.29, 1.82) is 0 Å². The van der Waals surface area contributed by atoms with E-state index in [0.717, 1.165) is 17.0 Å². The van der Waals surface area contributed by atoms with Gasteiger partial charge in [0, 0.05) is 16.8 Å². The number of methoxy groups -OCH3 is 1. The molecular weight excluding hydrogens is 391 g/mol. The molecule has 1 aliphatic heterocycles. The average Bonchev–Trinajstić information content (AvgIpc) is 2.74. The lowest BCUT2D eigenvalue weighted by Crippen LogP contribution is -2.40. The van der Waals surface area contributed by atoms with Gasteiger partial charge in [0.1, 0.15) is 23.5 Å². The average molecular weight is 411 g/mol. The van der Waals surface area contributed by atoms with Gasteiger partial charge in [-0.2, -0.15) is 0 Å². The molecule has 148 valence electrons. The van der Waals surface area contributed by atoms with Gasteiger partial charge in [0.25, 0.3) is 0 Å². The first-order valence-electron chi connectivity index (χ1n) is 9.17. The summed E-state index contributed by atoms with van der Waals surface area (Å²) in [5.41, 5.74) is 2.72. The van der Waals surface area contributed by atoms with Gasteiger partial charge in [0.05, 0.1) is 18.2 Å². The highest BCUT2D eigenvalue weighted by Crippen LogP contribution is 2.35. The van der Waals surface area contributed by atoms with Crippen LogP contribution in [-0.2, 0) is 0 Å². The Morgan fingerprint density at radius 3 is 2.45 bits per heavy atom. The molecule has 0 saturated heterocycles. The van der Waals surface area contributed by atoms with Crippen molar-refractivity contribution in [1.82, 2.24) is 10.6 Å². The first-order valence-corrected chi connectivity index (χ1v) is 9.55. The Morgan fingerprint density at radius 1 is 1.00 bits per heavy atom. The fourth-order valence-corrected chi connectivity index (χ4v) is 3.73. The Balaban J connectivity index is 1.79. The molecule has 0 amide bonds. The number of nitrogens with one attached hydrogen (secondary N) is 2. The third kappa shape index (κ3) is 3.92. The molecule has 0 spiro atoms. The Labute approximate surface area is 173 Å². The van der Waals surface area contributed by atoms with Gasteiger partial charge in [0.15, 0.2) is 0 Å². The van der Waals surface area contributed by atoms with Crippen molar-refractivity contribution in [3.05, 3.63) is 100 Å². The van der Waals surface area contributed by atoms with Crippen LogP contribution in [0.25, 0.3) is 5.70 Å². The van der Waals surface area contributed by atoms with E-state index >= 15 is 0 Å². The first kappa shape index (κ1) is 19.3. The number of ether oxygens (including phenoxy) is 1. The topological polar surface area (TPSA) is 53.5 Å². The molecule has 4 nitrogen and oxygen atoms in total. The quantitative estimate of drug-likeness (QED) is 0.555. The van der Waals surface area contributed by atoms with E-state index in [1.165, 1.54) is 6.07 Å². The van der Waals surface area contributed by atoms with Gasteiger partial charge < -0.3 is 15.2 Å². The second kappa shape index (κ2) is 8.15. The van der Waals surface area contributed by atoms with Crippen LogP contribution in [0.4, 0.5) is 4.39 Å². The first-order chi connectivity index (χ1) is 14.1. The summed E-state index contributed by atoms with van der Waals surface area (Å²) >= 11 is 6.32. The van der Waals surface area contributed by atoms with Crippen LogP contribution in [0.15, 0.2) is 72.8 Å². The largest absolute Gasteiger partial charge is 0.508 e. The molecule has 1 heterocycles. The highest BCUT2D eigenvalue weighted by molar-refractivity contribution is 6.31. The maximum Gasteiger partial charge on any atom is 0.131 e. The summed E-state index contributed by atoms with van der Waals surface area (Å²) in [4.78, 5) is 0. The SMILES string of the molecule is COc1ccc(C2=CC(c3ccccc3O)NC(c3c(F)cccc3Cl)N2)cc1. The number of hydrogen-bond donors (Lipinski definition) is 3. The Hall–Kier alpha value is -3.02. The van der Waals surface area contributed by atoms with Gasteiger partial charge >= 0.3 is 0 Å². The monoisotopic (exact) mass is 410 g/mol. The zero-order valence-corrected chi connectivity index (χ0v) is 16.5. The third-order valence-corrected chi connectivity index (χ3v) is 5.27. The predicted molar refractivity (Wildman–Crippen MR) is 112 cm³/mol. The van der Waals surface area contributed by atoms with Crippen molar-refractivity contribution in [2.24, 2.45) is 0 Å². The van der Waals surface area contributed by atoms with Gasteiger partial charge in [-0.1, -0.05) is 35.9 Å². The van der Waals surface area contributed by atoms with Gasteiger partial charge in [0.2, 0.25) is 0 Å². The minimum Gasteiger partial charge on any atom is -0.508 e. The van der Waals surface area contributed by atoms with E-state index in [9.17, 15) is 9.50 Å². The van der Waals surface area contributed by atoms with E-state index in [-0.39, 0.29) is 11.8 Å². The second-order valence-corrected chi connectivity index (χ2v) is 7.13. The van der Waals surface area contributed by atoms with Gasteiger partial charge in [-0.15, -0.1) is 0 Å². The summed E-state index contributed by atoms with van der Waals surface area (Å²) in [6.45, 7) is 0. The lowest BCUT2D eigenvalue weighted by Gasteiger charge is -2.33. The second-order valence-electron chi connectivity index (χ2n) is 6.72. The zero-order chi connectivity index (χ0) is 20.4. The van der Waals surface area contributed by atoms with Crippen molar-refractivity contribution in [2.75, 3.05) is 7.11 Å². The van der Waals surface area contributed by atoms with E-state index in [2.05, 4.69) is 10.6 Å². The lowest BCUT2D eigenvalue weighted by atomic mass is 9.97. The number of hydrogen-bond acceptors (Lipinski definition) is 4. The van der Waals surface area contributed by atoms with Crippen LogP contribution < -0.4 is 15.4 Å². The summed E-state index contributed by atoms with van der Waals surface area (Å²) in [5, 5.41) is 17.3. The van der Waals surface area contributed by atoms with Gasteiger partial charge in [-0.25, -0.2) is 4.39 Å². The molecule has 3 aromatic rings. The van der Waals surface area contributed by atoms with Crippen molar-refractivity contribution < 1.29 is 14.2 Å². The molecule has 6 heteroatoms. The smallest absolute Gasteiger partial charge is 0.131 e. The van der Waals surface area contributed by atoms with Crippen molar-refractivity contribution >= 4 is 17.3 Å². The number of phenols is 1. The summed E-state index contributed by atoms with van der Waals surface area (Å²) in [5.74, 6) is 0.499. The molecule has 0 aliphatic carbocycles. The fraction of sp³-hybridized carbons (Fsp3) is 0.130. The van der Waals surface area contributed by atoms with Crippen LogP contribution >= 0.6 is 11.6 Å². The highest BCUT2D eigenvalue weighted by atomic mass is 35.5. The number of benzene rings is 3. The molecule has 0 fully saturated rings. The summed E-state index contributed by atoms with van der Waals surface area (Å²) < 4.78 is 19.9. The minimum atomic E-state index is -0.588. The lowest BCUT2D eigenvalue weighted by molar-refractivity contribution is 0.408. The number of para-hydroxylation sites is 1. The molecule has 2 atom stereocenters. The Morgan fingerprint density at radius 2 is 1.76 bits per heavy atom. The van der Waals surface area contributed by atoms with Crippen LogP contribution in [0.3, 0.4) is 0 Å². The minimum absolute atomic E-state index is 0.163. The maximum atomic E-state index is 14.6. The van der Waals surface area contributed by atoms with Crippen LogP contribution in [0, 0.1) is 5.82 Å². The molecule has 4 rings (SSSR count). The van der Waals surface area contributed by atoms with Crippen LogP contribution in [0.2, 0.25) is 5.02 Å². The van der Waals surface area contributed by atoms with Crippen molar-refractivity contribution in [3.8, 4) is 11.5 Å².